The van der Waals surface area contributed by atoms with Gasteiger partial charge >= 0.3 is 11.9 Å². The molecule has 0 fully saturated rings. The summed E-state index contributed by atoms with van der Waals surface area (Å²) in [5, 5.41) is 28.7. The van der Waals surface area contributed by atoms with Crippen molar-refractivity contribution in [3.05, 3.63) is 53.8 Å². The molecule has 4 rings (SSSR count). The van der Waals surface area contributed by atoms with E-state index in [9.17, 15) is 19.5 Å². The minimum Gasteiger partial charge on any atom is -0.478 e. The third-order valence-electron chi connectivity index (χ3n) is 5.47. The molecule has 0 saturated heterocycles. The monoisotopic (exact) mass is 444 g/mol. The van der Waals surface area contributed by atoms with E-state index in [2.05, 4.69) is 27.5 Å². The van der Waals surface area contributed by atoms with E-state index in [-0.39, 0.29) is 11.9 Å². The maximum absolute atomic E-state index is 12.7. The second kappa shape index (κ2) is 9.80. The standard InChI is InChI=1S/C19H23N3O2.C4H4O4/c1-11(10-23)21-19(24)13-6-15-14-4-3-5-16-18(14)12(8-20-16)7-17(15)22(2)9-13;5-3(6)1-2-4(7)8/h3-6,8,11,13,17,20,23H,7,9-10H2,1-2H3,(H,21,24);1-2H,(H,5,6)(H,7,8)/b;2-1-/t11-,13-,17-;/m1./s1/i1D3;. The molecular weight excluding hydrogens is 414 g/mol. The summed E-state index contributed by atoms with van der Waals surface area (Å²) in [6, 6.07) is 5.06. The second-order valence-electron chi connectivity index (χ2n) is 7.68. The number of benzene rings is 1. The van der Waals surface area contributed by atoms with Gasteiger partial charge in [0.25, 0.3) is 0 Å². The number of carbonyl (C=O) groups is 3. The lowest BCUT2D eigenvalue weighted by atomic mass is 9.80. The van der Waals surface area contributed by atoms with E-state index in [0.717, 1.165) is 23.1 Å². The van der Waals surface area contributed by atoms with Crippen LogP contribution in [0.2, 0.25) is 0 Å². The summed E-state index contributed by atoms with van der Waals surface area (Å²) in [6.45, 7) is -2.54. The number of carboxylic acid groups (broad SMARTS) is 2. The number of amides is 1. The summed E-state index contributed by atoms with van der Waals surface area (Å²) >= 11 is 0. The van der Waals surface area contributed by atoms with Crippen LogP contribution < -0.4 is 5.32 Å². The fourth-order valence-corrected chi connectivity index (χ4v) is 4.08. The SMILES string of the molecule is O=C(O)/C=C\C(=O)O.[2H]C([2H])([2H])[C@H](CO)NC(=O)[C@@H]1C=C2c3cccc4[nH]cc(c34)C[C@H]2N(C)C1. The number of carboxylic acids is 2. The van der Waals surface area contributed by atoms with Gasteiger partial charge in [-0.15, -0.1) is 0 Å². The average Bonchev–Trinajstić information content (AvgIpc) is 3.20. The highest BCUT2D eigenvalue weighted by molar-refractivity contribution is 5.99. The zero-order valence-corrected chi connectivity index (χ0v) is 17.4. The normalized spacial score (nSPS) is 22.4. The van der Waals surface area contributed by atoms with Crippen LogP contribution in [0.4, 0.5) is 0 Å². The number of H-pyrrole nitrogens is 1. The smallest absolute Gasteiger partial charge is 0.328 e. The van der Waals surface area contributed by atoms with Crippen molar-refractivity contribution in [2.75, 3.05) is 20.2 Å². The highest BCUT2D eigenvalue weighted by Gasteiger charge is 2.35. The van der Waals surface area contributed by atoms with Crippen molar-refractivity contribution in [2.24, 2.45) is 5.92 Å². The number of hydrogen-bond acceptors (Lipinski definition) is 5. The summed E-state index contributed by atoms with van der Waals surface area (Å²) in [4.78, 5) is 37.3. The molecule has 0 spiro atoms. The van der Waals surface area contributed by atoms with Gasteiger partial charge in [0, 0.05) is 52.0 Å². The maximum Gasteiger partial charge on any atom is 0.328 e. The number of hydrogen-bond donors (Lipinski definition) is 5. The zero-order valence-electron chi connectivity index (χ0n) is 20.4. The molecule has 2 aromatic rings. The quantitative estimate of drug-likeness (QED) is 0.437. The molecule has 0 radical (unpaired) electrons. The minimum atomic E-state index is -2.43. The van der Waals surface area contributed by atoms with Gasteiger partial charge in [0.1, 0.15) is 0 Å². The third-order valence-corrected chi connectivity index (χ3v) is 5.47. The summed E-state index contributed by atoms with van der Waals surface area (Å²) in [5.41, 5.74) is 4.59. The van der Waals surface area contributed by atoms with E-state index < -0.39 is 37.4 Å². The molecule has 2 heterocycles. The van der Waals surface area contributed by atoms with Crippen molar-refractivity contribution in [1.29, 1.82) is 0 Å². The number of rotatable bonds is 5. The molecule has 0 bridgehead atoms. The predicted octanol–water partition coefficient (Wildman–Crippen LogP) is 1.25. The number of aliphatic carboxylic acids is 2. The molecule has 9 nitrogen and oxygen atoms in total. The van der Waals surface area contributed by atoms with Crippen molar-refractivity contribution < 1.29 is 33.8 Å². The van der Waals surface area contributed by atoms with Crippen LogP contribution in [0.5, 0.6) is 0 Å². The van der Waals surface area contributed by atoms with Crippen LogP contribution in [0, 0.1) is 5.92 Å². The number of aromatic nitrogens is 1. The van der Waals surface area contributed by atoms with Crippen molar-refractivity contribution in [3.63, 3.8) is 0 Å². The number of likely N-dealkylation sites (N-methyl/N-ethyl adjacent to an activating group) is 1. The number of nitrogens with one attached hydrogen (secondary N) is 2. The summed E-state index contributed by atoms with van der Waals surface area (Å²) < 4.78 is 22.4. The first-order chi connectivity index (χ1) is 16.4. The Kier molecular flexibility index (Phi) is 5.90. The summed E-state index contributed by atoms with van der Waals surface area (Å²) in [7, 11) is 1.99. The number of aliphatic hydroxyl groups excluding tert-OH is 1. The van der Waals surface area contributed by atoms with Crippen LogP contribution in [-0.2, 0) is 20.8 Å². The molecule has 3 atom stereocenters. The van der Waals surface area contributed by atoms with Gasteiger partial charge in [0.15, 0.2) is 0 Å². The Morgan fingerprint density at radius 1 is 1.31 bits per heavy atom. The Bertz CT molecular complexity index is 1170. The van der Waals surface area contributed by atoms with Crippen molar-refractivity contribution >= 4 is 34.3 Å². The highest BCUT2D eigenvalue weighted by atomic mass is 16.4. The molecule has 1 aromatic carbocycles. The topological polar surface area (TPSA) is 143 Å². The fourth-order valence-electron chi connectivity index (χ4n) is 4.08. The molecule has 170 valence electrons. The van der Waals surface area contributed by atoms with Crippen LogP contribution in [-0.4, -0.2) is 75.3 Å². The van der Waals surface area contributed by atoms with Crippen molar-refractivity contribution in [1.82, 2.24) is 15.2 Å². The lowest BCUT2D eigenvalue weighted by Crippen LogP contribution is -2.48. The lowest BCUT2D eigenvalue weighted by Gasteiger charge is -2.39. The molecule has 0 saturated carbocycles. The van der Waals surface area contributed by atoms with Crippen LogP contribution in [0.25, 0.3) is 16.5 Å². The van der Waals surface area contributed by atoms with Gasteiger partial charge in [0.05, 0.1) is 12.5 Å². The first-order valence-corrected chi connectivity index (χ1v) is 9.98. The molecule has 5 N–H and O–H groups in total. The van der Waals surface area contributed by atoms with Crippen LogP contribution in [0.1, 0.15) is 22.1 Å². The van der Waals surface area contributed by atoms with E-state index in [1.807, 2.05) is 25.3 Å². The molecule has 9 heteroatoms. The molecule has 1 amide bonds. The lowest BCUT2D eigenvalue weighted by molar-refractivity contribution is -0.134. The van der Waals surface area contributed by atoms with Gasteiger partial charge in [-0.3, -0.25) is 9.69 Å². The first kappa shape index (κ1) is 19.3. The van der Waals surface area contributed by atoms with Crippen molar-refractivity contribution in [2.45, 2.75) is 25.4 Å². The van der Waals surface area contributed by atoms with Gasteiger partial charge in [0.2, 0.25) is 5.91 Å². The molecule has 0 unspecified atom stereocenters. The Morgan fingerprint density at radius 2 is 2.03 bits per heavy atom. The number of nitrogens with zero attached hydrogens (tertiary/aromatic N) is 1. The summed E-state index contributed by atoms with van der Waals surface area (Å²) in [5.74, 6) is -3.34. The molecule has 1 aliphatic carbocycles. The molecule has 32 heavy (non-hydrogen) atoms. The van der Waals surface area contributed by atoms with Crippen molar-refractivity contribution in [3.8, 4) is 0 Å². The van der Waals surface area contributed by atoms with E-state index >= 15 is 0 Å². The van der Waals surface area contributed by atoms with Crippen LogP contribution in [0.3, 0.4) is 0 Å². The fraction of sp³-hybridized carbons (Fsp3) is 0.348. The highest BCUT2D eigenvalue weighted by Crippen LogP contribution is 2.40. The Morgan fingerprint density at radius 3 is 2.66 bits per heavy atom. The third kappa shape index (κ3) is 5.06. The van der Waals surface area contributed by atoms with Gasteiger partial charge in [-0.25, -0.2) is 9.59 Å². The van der Waals surface area contributed by atoms with E-state index in [1.54, 1.807) is 0 Å². The predicted molar refractivity (Wildman–Crippen MR) is 119 cm³/mol. The van der Waals surface area contributed by atoms with Gasteiger partial charge in [-0.05, 0) is 43.1 Å². The maximum atomic E-state index is 12.7. The number of aliphatic hydroxyl groups is 1. The van der Waals surface area contributed by atoms with Crippen LogP contribution in [0.15, 0.2) is 42.6 Å². The molecule has 1 aromatic heterocycles. The number of fused-ring (bicyclic) bond motifs is 2. The Labute approximate surface area is 189 Å². The molecular formula is C23H27N3O6. The Balaban J connectivity index is 0.000000371. The van der Waals surface area contributed by atoms with E-state index in [4.69, 9.17) is 14.3 Å². The number of carbonyl (C=O) groups excluding carboxylic acids is 1. The Hall–Kier alpha value is -3.43. The minimum absolute atomic E-state index is 0.194. The second-order valence-corrected chi connectivity index (χ2v) is 7.68. The van der Waals surface area contributed by atoms with E-state index in [1.165, 1.54) is 10.9 Å². The molecule has 1 aliphatic heterocycles. The summed E-state index contributed by atoms with van der Waals surface area (Å²) in [6.07, 6.45) is 6.02. The zero-order chi connectivity index (χ0) is 25.9. The number of aromatic amines is 1. The molecule has 2 aliphatic rings. The van der Waals surface area contributed by atoms with E-state index in [0.29, 0.717) is 18.7 Å². The average molecular weight is 445 g/mol. The van der Waals surface area contributed by atoms with Gasteiger partial charge in [-0.1, -0.05) is 18.2 Å². The largest absolute Gasteiger partial charge is 0.478 e. The first-order valence-electron chi connectivity index (χ1n) is 11.5. The van der Waals surface area contributed by atoms with Gasteiger partial charge < -0.3 is 25.6 Å². The van der Waals surface area contributed by atoms with Gasteiger partial charge in [-0.2, -0.15) is 0 Å². The van der Waals surface area contributed by atoms with Crippen LogP contribution >= 0.6 is 0 Å².